The zero-order chi connectivity index (χ0) is 14.4. The second-order valence-corrected chi connectivity index (χ2v) is 8.86. The molecule has 0 N–H and O–H groups in total. The molecule has 0 fully saturated rings. The standard InChI is InChI=1S/C14H14O3S3/c1-16-11-3-7-13(8-4-11)18-20(15)19-14-9-5-12(17-2)6-10-14/h3-10H,1-2H3. The van der Waals surface area contributed by atoms with Gasteiger partial charge in [-0.15, -0.1) is 0 Å². The van der Waals surface area contributed by atoms with Crippen LogP contribution in [0.3, 0.4) is 0 Å². The first-order valence-corrected chi connectivity index (χ1v) is 9.59. The van der Waals surface area contributed by atoms with Gasteiger partial charge in [-0.1, -0.05) is 0 Å². The Morgan fingerprint density at radius 3 is 1.40 bits per heavy atom. The van der Waals surface area contributed by atoms with Crippen LogP contribution in [0.2, 0.25) is 0 Å². The monoisotopic (exact) mass is 326 g/mol. The van der Waals surface area contributed by atoms with Crippen LogP contribution in [0.4, 0.5) is 0 Å². The van der Waals surface area contributed by atoms with E-state index >= 15 is 0 Å². The zero-order valence-corrected chi connectivity index (χ0v) is 13.5. The molecule has 0 saturated carbocycles. The first-order chi connectivity index (χ1) is 9.71. The van der Waals surface area contributed by atoms with Crippen LogP contribution in [-0.2, 0) is 8.86 Å². The van der Waals surface area contributed by atoms with E-state index < -0.39 is 8.86 Å². The first-order valence-electron chi connectivity index (χ1n) is 5.78. The number of rotatable bonds is 6. The van der Waals surface area contributed by atoms with Crippen LogP contribution in [0.15, 0.2) is 58.3 Å². The summed E-state index contributed by atoms with van der Waals surface area (Å²) in [6, 6.07) is 15.0. The van der Waals surface area contributed by atoms with Crippen molar-refractivity contribution in [3.63, 3.8) is 0 Å². The van der Waals surface area contributed by atoms with E-state index in [4.69, 9.17) is 9.47 Å². The van der Waals surface area contributed by atoms with Gasteiger partial charge in [-0.3, -0.25) is 0 Å². The van der Waals surface area contributed by atoms with Crippen LogP contribution >= 0.6 is 21.6 Å². The third kappa shape index (κ3) is 4.47. The molecule has 20 heavy (non-hydrogen) atoms. The third-order valence-corrected chi connectivity index (χ3v) is 6.84. The van der Waals surface area contributed by atoms with Crippen molar-refractivity contribution in [2.45, 2.75) is 9.79 Å². The van der Waals surface area contributed by atoms with E-state index in [0.717, 1.165) is 21.3 Å². The van der Waals surface area contributed by atoms with E-state index in [1.807, 2.05) is 48.5 Å². The molecule has 3 nitrogen and oxygen atoms in total. The third-order valence-electron chi connectivity index (χ3n) is 2.45. The van der Waals surface area contributed by atoms with E-state index in [1.165, 1.54) is 21.6 Å². The van der Waals surface area contributed by atoms with Gasteiger partial charge < -0.3 is 9.47 Å². The molecule has 2 aromatic rings. The van der Waals surface area contributed by atoms with Crippen LogP contribution in [0.5, 0.6) is 11.5 Å². The van der Waals surface area contributed by atoms with Gasteiger partial charge in [-0.05, 0) is 70.1 Å². The minimum absolute atomic E-state index is 0.794. The van der Waals surface area contributed by atoms with Crippen molar-refractivity contribution < 1.29 is 13.7 Å². The Balaban J connectivity index is 1.93. The Morgan fingerprint density at radius 1 is 0.750 bits per heavy atom. The lowest BCUT2D eigenvalue weighted by Crippen LogP contribution is -1.83. The van der Waals surface area contributed by atoms with E-state index in [-0.39, 0.29) is 0 Å². The van der Waals surface area contributed by atoms with Crippen molar-refractivity contribution in [3.05, 3.63) is 48.5 Å². The summed E-state index contributed by atoms with van der Waals surface area (Å²) >= 11 is 0. The summed E-state index contributed by atoms with van der Waals surface area (Å²) in [6.07, 6.45) is 0. The summed E-state index contributed by atoms with van der Waals surface area (Å²) in [4.78, 5) is 1.90. The van der Waals surface area contributed by atoms with E-state index in [9.17, 15) is 4.21 Å². The Bertz CT molecular complexity index is 516. The van der Waals surface area contributed by atoms with Gasteiger partial charge in [0.1, 0.15) is 11.5 Å². The van der Waals surface area contributed by atoms with Gasteiger partial charge in [0.05, 0.1) is 14.2 Å². The minimum atomic E-state index is -1.09. The highest BCUT2D eigenvalue weighted by molar-refractivity contribution is 9.02. The highest BCUT2D eigenvalue weighted by Gasteiger charge is 2.06. The Kier molecular flexibility index (Phi) is 5.82. The highest BCUT2D eigenvalue weighted by Crippen LogP contribution is 2.34. The van der Waals surface area contributed by atoms with E-state index in [1.54, 1.807) is 14.2 Å². The average Bonchev–Trinajstić information content (AvgIpc) is 2.49. The largest absolute Gasteiger partial charge is 0.497 e. The molecule has 2 aromatic carbocycles. The van der Waals surface area contributed by atoms with Crippen LogP contribution in [0.1, 0.15) is 0 Å². The normalized spacial score (nSPS) is 10.6. The maximum Gasteiger partial charge on any atom is 0.150 e. The molecule has 2 rings (SSSR count). The van der Waals surface area contributed by atoms with Gasteiger partial charge in [-0.2, -0.15) is 0 Å². The summed E-state index contributed by atoms with van der Waals surface area (Å²) in [5.41, 5.74) is 0. The molecule has 0 unspecified atom stereocenters. The molecule has 0 heterocycles. The van der Waals surface area contributed by atoms with Gasteiger partial charge in [0.25, 0.3) is 0 Å². The average molecular weight is 326 g/mol. The molecule has 0 radical (unpaired) electrons. The number of benzene rings is 2. The van der Waals surface area contributed by atoms with E-state index in [0.29, 0.717) is 0 Å². The quantitative estimate of drug-likeness (QED) is 0.745. The molecule has 0 spiro atoms. The van der Waals surface area contributed by atoms with Gasteiger partial charge in [0.2, 0.25) is 0 Å². The van der Waals surface area contributed by atoms with Gasteiger partial charge in [-0.25, -0.2) is 4.21 Å². The van der Waals surface area contributed by atoms with Crippen LogP contribution in [0, 0.1) is 0 Å². The van der Waals surface area contributed by atoms with Crippen molar-refractivity contribution in [1.29, 1.82) is 0 Å². The van der Waals surface area contributed by atoms with Crippen molar-refractivity contribution >= 4 is 30.5 Å². The molecule has 0 atom stereocenters. The molecule has 0 aliphatic heterocycles. The highest BCUT2D eigenvalue weighted by atomic mass is 33.5. The SMILES string of the molecule is COc1ccc(SS(=O)Sc2ccc(OC)cc2)cc1. The van der Waals surface area contributed by atoms with Crippen LogP contribution in [0.25, 0.3) is 0 Å². The molecular formula is C14H14O3S3. The molecule has 0 saturated heterocycles. The van der Waals surface area contributed by atoms with Crippen LogP contribution < -0.4 is 9.47 Å². The Hall–Kier alpha value is -1.11. The number of hydrogen-bond donors (Lipinski definition) is 0. The second kappa shape index (κ2) is 7.61. The molecule has 0 aliphatic rings. The second-order valence-electron chi connectivity index (χ2n) is 3.72. The van der Waals surface area contributed by atoms with Crippen molar-refractivity contribution in [2.24, 2.45) is 0 Å². The van der Waals surface area contributed by atoms with Crippen LogP contribution in [-0.4, -0.2) is 18.4 Å². The smallest absolute Gasteiger partial charge is 0.150 e. The maximum absolute atomic E-state index is 12.1. The maximum atomic E-state index is 12.1. The Morgan fingerprint density at radius 2 is 1.10 bits per heavy atom. The molecule has 0 aliphatic carbocycles. The summed E-state index contributed by atoms with van der Waals surface area (Å²) in [6.45, 7) is 0. The molecule has 0 aromatic heterocycles. The lowest BCUT2D eigenvalue weighted by Gasteiger charge is -2.04. The van der Waals surface area contributed by atoms with Crippen molar-refractivity contribution in [3.8, 4) is 11.5 Å². The zero-order valence-electron chi connectivity index (χ0n) is 11.1. The molecule has 6 heteroatoms. The molecule has 106 valence electrons. The number of methoxy groups -OCH3 is 2. The topological polar surface area (TPSA) is 35.5 Å². The van der Waals surface area contributed by atoms with Crippen molar-refractivity contribution in [1.82, 2.24) is 0 Å². The minimum Gasteiger partial charge on any atom is -0.497 e. The lowest BCUT2D eigenvalue weighted by atomic mass is 10.3. The number of ether oxygens (including phenoxy) is 2. The summed E-state index contributed by atoms with van der Waals surface area (Å²) in [5.74, 6) is 1.59. The molecule has 0 bridgehead atoms. The summed E-state index contributed by atoms with van der Waals surface area (Å²) in [7, 11) is 4.79. The van der Waals surface area contributed by atoms with E-state index in [2.05, 4.69) is 0 Å². The predicted octanol–water partition coefficient (Wildman–Crippen LogP) is 4.17. The van der Waals surface area contributed by atoms with Gasteiger partial charge in [0.15, 0.2) is 8.86 Å². The lowest BCUT2D eigenvalue weighted by molar-refractivity contribution is 0.414. The van der Waals surface area contributed by atoms with Crippen molar-refractivity contribution in [2.75, 3.05) is 14.2 Å². The fraction of sp³-hybridized carbons (Fsp3) is 0.143. The fourth-order valence-electron chi connectivity index (χ4n) is 1.44. The summed E-state index contributed by atoms with van der Waals surface area (Å²) in [5, 5.41) is 0. The fourth-order valence-corrected chi connectivity index (χ4v) is 5.71. The summed E-state index contributed by atoms with van der Waals surface area (Å²) < 4.78 is 22.2. The van der Waals surface area contributed by atoms with Gasteiger partial charge in [0, 0.05) is 9.79 Å². The van der Waals surface area contributed by atoms with Gasteiger partial charge >= 0.3 is 0 Å². The predicted molar refractivity (Wildman–Crippen MR) is 85.8 cm³/mol. The Labute approximate surface area is 128 Å². The first kappa shape index (κ1) is 15.3. The molecular weight excluding hydrogens is 312 g/mol. The molecule has 0 amide bonds. The number of hydrogen-bond acceptors (Lipinski definition) is 5.